The van der Waals surface area contributed by atoms with Gasteiger partial charge in [-0.05, 0) is 32.0 Å². The van der Waals surface area contributed by atoms with Gasteiger partial charge in [-0.25, -0.2) is 0 Å². The Hall–Kier alpha value is 0.531. The molecule has 0 aromatic carbocycles. The maximum absolute atomic E-state index is 6.05. The van der Waals surface area contributed by atoms with Crippen LogP contribution in [0.15, 0.2) is 0 Å². The average molecular weight is 364 g/mol. The molecule has 0 heterocycles. The van der Waals surface area contributed by atoms with Crippen molar-refractivity contribution < 1.29 is 8.85 Å². The molecule has 3 nitrogen and oxygen atoms in total. The lowest BCUT2D eigenvalue weighted by molar-refractivity contribution is 0.188. The van der Waals surface area contributed by atoms with Gasteiger partial charge in [0.15, 0.2) is 0 Å². The largest absolute Gasteiger partial charge is 0.395 e. The van der Waals surface area contributed by atoms with Crippen molar-refractivity contribution in [2.24, 2.45) is 0 Å². The molecule has 0 aromatic heterocycles. The second kappa shape index (κ2) is 8.07. The van der Waals surface area contributed by atoms with E-state index in [0.717, 1.165) is 25.8 Å². The maximum atomic E-state index is 6.05. The van der Waals surface area contributed by atoms with Crippen molar-refractivity contribution in [2.75, 3.05) is 19.8 Å². The van der Waals surface area contributed by atoms with Crippen molar-refractivity contribution in [3.05, 3.63) is 0 Å². The summed E-state index contributed by atoms with van der Waals surface area (Å²) in [6.07, 6.45) is 0. The van der Waals surface area contributed by atoms with E-state index in [4.69, 9.17) is 8.85 Å². The number of rotatable bonds is 9. The minimum Gasteiger partial charge on any atom is -0.395 e. The molecule has 0 bridgehead atoms. The molecule has 0 aliphatic carbocycles. The summed E-state index contributed by atoms with van der Waals surface area (Å²) in [5.74, 6) is 0. The smallest absolute Gasteiger partial charge is 0.336 e. The third-order valence-corrected chi connectivity index (χ3v) is 18.7. The first kappa shape index (κ1) is 22.5. The first-order chi connectivity index (χ1) is 9.71. The van der Waals surface area contributed by atoms with Gasteiger partial charge in [0, 0.05) is 19.3 Å². The van der Waals surface area contributed by atoms with Gasteiger partial charge in [-0.15, -0.1) is 0 Å². The summed E-state index contributed by atoms with van der Waals surface area (Å²) in [5.41, 5.74) is 0. The summed E-state index contributed by atoms with van der Waals surface area (Å²) in [6.45, 7) is 28.8. The standard InChI is InChI=1S/C16H41NO2Si3/c1-12-18-22(11,19-13-2)15-14-17(20(6,7)8)21(9,10)16(3,4)5/h12-15H2,1-11H3. The molecule has 0 aliphatic heterocycles. The predicted octanol–water partition coefficient (Wildman–Crippen LogP) is 5.27. The molecule has 22 heavy (non-hydrogen) atoms. The Labute approximate surface area is 143 Å². The fraction of sp³-hybridized carbons (Fsp3) is 1.00. The van der Waals surface area contributed by atoms with Gasteiger partial charge in [0.2, 0.25) is 0 Å². The Morgan fingerprint density at radius 1 is 0.818 bits per heavy atom. The topological polar surface area (TPSA) is 21.7 Å². The van der Waals surface area contributed by atoms with E-state index in [1.54, 1.807) is 0 Å². The van der Waals surface area contributed by atoms with Gasteiger partial charge in [-0.2, -0.15) is 0 Å². The van der Waals surface area contributed by atoms with Crippen LogP contribution in [0.25, 0.3) is 0 Å². The highest BCUT2D eigenvalue weighted by molar-refractivity contribution is 6.91. The van der Waals surface area contributed by atoms with Crippen molar-refractivity contribution in [1.82, 2.24) is 4.23 Å². The molecule has 0 aromatic rings. The van der Waals surface area contributed by atoms with E-state index >= 15 is 0 Å². The molecule has 0 fully saturated rings. The van der Waals surface area contributed by atoms with Crippen LogP contribution < -0.4 is 0 Å². The summed E-state index contributed by atoms with van der Waals surface area (Å²) in [6, 6.07) is 1.07. The molecule has 0 rings (SSSR count). The van der Waals surface area contributed by atoms with Gasteiger partial charge in [0.05, 0.1) is 0 Å². The van der Waals surface area contributed by atoms with Gasteiger partial charge in [0.25, 0.3) is 0 Å². The molecule has 6 heteroatoms. The lowest BCUT2D eigenvalue weighted by Gasteiger charge is -2.52. The van der Waals surface area contributed by atoms with E-state index in [1.807, 2.05) is 0 Å². The Morgan fingerprint density at radius 3 is 1.50 bits per heavy atom. The highest BCUT2D eigenvalue weighted by atomic mass is 28.4. The highest BCUT2D eigenvalue weighted by Gasteiger charge is 2.46. The van der Waals surface area contributed by atoms with E-state index in [2.05, 4.69) is 78.1 Å². The minimum absolute atomic E-state index is 0.377. The van der Waals surface area contributed by atoms with Crippen LogP contribution in [-0.4, -0.2) is 49.0 Å². The average Bonchev–Trinajstić information content (AvgIpc) is 2.25. The summed E-state index contributed by atoms with van der Waals surface area (Å²) in [5, 5.41) is 0.377. The second-order valence-corrected chi connectivity index (χ2v) is 22.7. The van der Waals surface area contributed by atoms with Crippen LogP contribution in [0, 0.1) is 0 Å². The first-order valence-electron chi connectivity index (χ1n) is 8.77. The SMILES string of the molecule is CCO[Si](C)(CCN([Si](C)(C)C)[Si](C)(C)C(C)(C)C)OCC. The molecule has 0 spiro atoms. The van der Waals surface area contributed by atoms with Crippen LogP contribution in [0.2, 0.25) is 50.4 Å². The Balaban J connectivity index is 5.27. The van der Waals surface area contributed by atoms with Gasteiger partial charge in [-0.1, -0.05) is 53.5 Å². The van der Waals surface area contributed by atoms with Gasteiger partial charge in [0.1, 0.15) is 16.5 Å². The van der Waals surface area contributed by atoms with Crippen molar-refractivity contribution >= 4 is 25.0 Å². The highest BCUT2D eigenvalue weighted by Crippen LogP contribution is 2.40. The molecule has 0 radical (unpaired) electrons. The molecule has 134 valence electrons. The predicted molar refractivity (Wildman–Crippen MR) is 107 cm³/mol. The molecular formula is C16H41NO2Si3. The van der Waals surface area contributed by atoms with Crippen molar-refractivity contribution in [1.29, 1.82) is 0 Å². The van der Waals surface area contributed by atoms with E-state index in [9.17, 15) is 0 Å². The fourth-order valence-electron chi connectivity index (χ4n) is 2.97. The van der Waals surface area contributed by atoms with Crippen molar-refractivity contribution in [3.8, 4) is 0 Å². The summed E-state index contributed by atoms with van der Waals surface area (Å²) in [7, 11) is -4.91. The van der Waals surface area contributed by atoms with Gasteiger partial charge in [-0.3, -0.25) is 0 Å². The van der Waals surface area contributed by atoms with Crippen LogP contribution in [0.4, 0.5) is 0 Å². The first-order valence-corrected chi connectivity index (χ1v) is 17.7. The zero-order valence-electron chi connectivity index (χ0n) is 17.1. The van der Waals surface area contributed by atoms with E-state index < -0.39 is 25.0 Å². The molecule has 0 saturated carbocycles. The summed E-state index contributed by atoms with van der Waals surface area (Å²) >= 11 is 0. The van der Waals surface area contributed by atoms with E-state index in [-0.39, 0.29) is 0 Å². The van der Waals surface area contributed by atoms with Crippen LogP contribution in [-0.2, 0) is 8.85 Å². The quantitative estimate of drug-likeness (QED) is 0.521. The maximum Gasteiger partial charge on any atom is 0.336 e. The van der Waals surface area contributed by atoms with E-state index in [1.165, 1.54) is 0 Å². The molecule has 0 unspecified atom stereocenters. The molecular weight excluding hydrogens is 322 g/mol. The lowest BCUT2D eigenvalue weighted by Crippen LogP contribution is -2.65. The summed E-state index contributed by atoms with van der Waals surface area (Å²) in [4.78, 5) is 0. The van der Waals surface area contributed by atoms with Gasteiger partial charge < -0.3 is 13.1 Å². The Bertz CT molecular complexity index is 329. The van der Waals surface area contributed by atoms with Crippen molar-refractivity contribution in [2.45, 2.75) is 85.0 Å². The monoisotopic (exact) mass is 363 g/mol. The Morgan fingerprint density at radius 2 is 1.23 bits per heavy atom. The number of hydrogen-bond acceptors (Lipinski definition) is 3. The van der Waals surface area contributed by atoms with Crippen LogP contribution in [0.1, 0.15) is 34.6 Å². The van der Waals surface area contributed by atoms with E-state index in [0.29, 0.717) is 5.04 Å². The zero-order valence-corrected chi connectivity index (χ0v) is 20.1. The molecule has 0 N–H and O–H groups in total. The van der Waals surface area contributed by atoms with Crippen LogP contribution in [0.5, 0.6) is 0 Å². The van der Waals surface area contributed by atoms with Crippen LogP contribution >= 0.6 is 0 Å². The molecule has 0 saturated heterocycles. The number of hydrogen-bond donors (Lipinski definition) is 0. The molecule has 0 amide bonds. The van der Waals surface area contributed by atoms with Crippen LogP contribution in [0.3, 0.4) is 0 Å². The second-order valence-electron chi connectivity index (χ2n) is 8.88. The fourth-order valence-corrected chi connectivity index (χ4v) is 15.6. The normalized spacial score (nSPS) is 14.7. The summed E-state index contributed by atoms with van der Waals surface area (Å²) < 4.78 is 15.0. The third-order valence-electron chi connectivity index (χ3n) is 5.01. The zero-order chi connectivity index (χ0) is 17.8. The minimum atomic E-state index is -2.03. The van der Waals surface area contributed by atoms with Gasteiger partial charge >= 0.3 is 8.56 Å². The third kappa shape index (κ3) is 6.20. The number of nitrogens with zero attached hydrogens (tertiary/aromatic N) is 1. The lowest BCUT2D eigenvalue weighted by atomic mass is 10.2. The Kier molecular flexibility index (Phi) is 8.27. The van der Waals surface area contributed by atoms with Crippen molar-refractivity contribution in [3.63, 3.8) is 0 Å². The molecule has 0 atom stereocenters. The molecule has 0 aliphatic rings.